The van der Waals surface area contributed by atoms with Gasteiger partial charge in [-0.3, -0.25) is 19.2 Å². The maximum absolute atomic E-state index is 11.8. The van der Waals surface area contributed by atoms with Crippen molar-refractivity contribution >= 4 is 23.8 Å². The Labute approximate surface area is 196 Å². The van der Waals surface area contributed by atoms with Gasteiger partial charge in [-0.1, -0.05) is 5.18 Å². The Bertz CT molecular complexity index is 688. The minimum Gasteiger partial charge on any atom is -0.463 e. The number of hydrogen-bond donors (Lipinski definition) is 1. The highest BCUT2D eigenvalue weighted by molar-refractivity contribution is 5.73. The highest BCUT2D eigenvalue weighted by atomic mass is 16.7. The molecule has 34 heavy (non-hydrogen) atoms. The molecule has 1 N–H and O–H groups in total. The van der Waals surface area contributed by atoms with Gasteiger partial charge in [-0.2, -0.15) is 4.91 Å². The highest BCUT2D eigenvalue weighted by Gasteiger charge is 2.51. The zero-order chi connectivity index (χ0) is 25.5. The van der Waals surface area contributed by atoms with Crippen LogP contribution in [0.2, 0.25) is 0 Å². The second-order valence-corrected chi connectivity index (χ2v) is 7.17. The summed E-state index contributed by atoms with van der Waals surface area (Å²) in [4.78, 5) is 56.6. The molecule has 194 valence electrons. The third-order valence-electron chi connectivity index (χ3n) is 4.28. The van der Waals surface area contributed by atoms with Gasteiger partial charge in [-0.25, -0.2) is 0 Å². The summed E-state index contributed by atoms with van der Waals surface area (Å²) in [7, 11) is 0. The number of nitrogens with zero attached hydrogens (tertiary/aromatic N) is 1. The first kappa shape index (κ1) is 29.4. The summed E-state index contributed by atoms with van der Waals surface area (Å²) in [6.45, 7) is 5.32. The van der Waals surface area contributed by atoms with E-state index in [4.69, 9.17) is 33.2 Å². The van der Waals surface area contributed by atoms with E-state index in [1.807, 2.05) is 0 Å². The van der Waals surface area contributed by atoms with Crippen LogP contribution in [0.15, 0.2) is 5.18 Å². The van der Waals surface area contributed by atoms with Crippen LogP contribution in [0.3, 0.4) is 0 Å². The minimum absolute atomic E-state index is 0.0158. The summed E-state index contributed by atoms with van der Waals surface area (Å²) in [5, 5.41) is 5.27. The molecule has 1 rings (SSSR count). The van der Waals surface area contributed by atoms with Gasteiger partial charge in [0, 0.05) is 27.7 Å². The zero-order valence-corrected chi connectivity index (χ0v) is 19.7. The first-order valence-electron chi connectivity index (χ1n) is 10.6. The Morgan fingerprint density at radius 2 is 1.41 bits per heavy atom. The summed E-state index contributed by atoms with van der Waals surface area (Å²) < 4.78 is 37.7. The van der Waals surface area contributed by atoms with Crippen molar-refractivity contribution in [1.29, 1.82) is 0 Å². The van der Waals surface area contributed by atoms with Gasteiger partial charge in [0.05, 0.1) is 33.0 Å². The van der Waals surface area contributed by atoms with E-state index < -0.39 is 54.5 Å². The third-order valence-corrected chi connectivity index (χ3v) is 4.28. The standard InChI is InChI=1S/C20H32N2O12/c1-12(23)22-17-19(33-15(4)26)18(32-14(3)25)16(11-31-13(2)24)34-20(17)30-10-9-29-8-7-28-6-5-21-27/h16-20H,5-11H2,1-4H3,(H,22,23)/t16?,17?,18-,19?,20+/m0/s1. The number of esters is 3. The Balaban J connectivity index is 2.90. The normalized spacial score (nSPS) is 24.1. The first-order valence-corrected chi connectivity index (χ1v) is 10.6. The number of rotatable bonds is 15. The number of ether oxygens (including phenoxy) is 7. The van der Waals surface area contributed by atoms with Crippen molar-refractivity contribution in [1.82, 2.24) is 5.32 Å². The van der Waals surface area contributed by atoms with Crippen molar-refractivity contribution in [3.8, 4) is 0 Å². The molecule has 0 aliphatic carbocycles. The van der Waals surface area contributed by atoms with E-state index in [9.17, 15) is 24.1 Å². The predicted octanol–water partition coefficient (Wildman–Crippen LogP) is -0.541. The molecule has 14 heteroatoms. The lowest BCUT2D eigenvalue weighted by atomic mass is 9.96. The van der Waals surface area contributed by atoms with E-state index >= 15 is 0 Å². The van der Waals surface area contributed by atoms with Crippen molar-refractivity contribution in [3.63, 3.8) is 0 Å². The molecule has 0 bridgehead atoms. The molecule has 0 radical (unpaired) electrons. The Hall–Kier alpha value is -2.68. The van der Waals surface area contributed by atoms with Crippen molar-refractivity contribution in [2.75, 3.05) is 46.2 Å². The molecule has 5 atom stereocenters. The number of carbonyl (C=O) groups excluding carboxylic acids is 4. The fourth-order valence-electron chi connectivity index (χ4n) is 3.08. The molecule has 0 spiro atoms. The molecule has 3 unspecified atom stereocenters. The summed E-state index contributed by atoms with van der Waals surface area (Å²) in [6.07, 6.45) is -4.58. The number of hydrogen-bond acceptors (Lipinski definition) is 13. The molecule has 1 amide bonds. The van der Waals surface area contributed by atoms with Gasteiger partial charge < -0.3 is 38.5 Å². The second-order valence-electron chi connectivity index (χ2n) is 7.17. The van der Waals surface area contributed by atoms with Crippen LogP contribution in [0.4, 0.5) is 0 Å². The van der Waals surface area contributed by atoms with E-state index in [1.165, 1.54) is 13.8 Å². The van der Waals surface area contributed by atoms with Gasteiger partial charge in [0.25, 0.3) is 0 Å². The smallest absolute Gasteiger partial charge is 0.303 e. The minimum atomic E-state index is -1.19. The number of carbonyl (C=O) groups is 4. The van der Waals surface area contributed by atoms with Gasteiger partial charge in [0.15, 0.2) is 18.5 Å². The van der Waals surface area contributed by atoms with E-state index in [-0.39, 0.29) is 46.2 Å². The summed E-state index contributed by atoms with van der Waals surface area (Å²) in [5.74, 6) is -2.47. The summed E-state index contributed by atoms with van der Waals surface area (Å²) in [5.41, 5.74) is 0. The maximum Gasteiger partial charge on any atom is 0.303 e. The highest BCUT2D eigenvalue weighted by Crippen LogP contribution is 2.28. The topological polar surface area (TPSA) is 174 Å². The van der Waals surface area contributed by atoms with Gasteiger partial charge in [0.2, 0.25) is 5.91 Å². The van der Waals surface area contributed by atoms with Crippen LogP contribution in [-0.2, 0) is 52.3 Å². The van der Waals surface area contributed by atoms with E-state index in [2.05, 4.69) is 10.5 Å². The molecule has 1 aliphatic heterocycles. The van der Waals surface area contributed by atoms with Crippen LogP contribution in [0.1, 0.15) is 27.7 Å². The first-order chi connectivity index (χ1) is 16.1. The average Bonchev–Trinajstić information content (AvgIpc) is 2.74. The molecular formula is C20H32N2O12. The van der Waals surface area contributed by atoms with Crippen molar-refractivity contribution in [2.24, 2.45) is 5.18 Å². The van der Waals surface area contributed by atoms with Crippen molar-refractivity contribution in [3.05, 3.63) is 4.91 Å². The van der Waals surface area contributed by atoms with E-state index in [0.29, 0.717) is 0 Å². The average molecular weight is 492 g/mol. The number of nitroso groups, excluding NO2 is 1. The molecule has 1 fully saturated rings. The molecule has 1 aliphatic rings. The summed E-state index contributed by atoms with van der Waals surface area (Å²) in [6, 6.07) is -1.04. The lowest BCUT2D eigenvalue weighted by molar-refractivity contribution is -0.279. The molecule has 1 saturated heterocycles. The number of amides is 1. The Morgan fingerprint density at radius 3 is 1.97 bits per heavy atom. The molecular weight excluding hydrogens is 460 g/mol. The molecule has 0 aromatic carbocycles. The zero-order valence-electron chi connectivity index (χ0n) is 19.7. The Kier molecular flexibility index (Phi) is 13.8. The van der Waals surface area contributed by atoms with E-state index in [0.717, 1.165) is 13.8 Å². The van der Waals surface area contributed by atoms with Gasteiger partial charge in [-0.15, -0.1) is 0 Å². The molecule has 0 aromatic heterocycles. The SMILES string of the molecule is CC(=O)NC1C(OC(C)=O)[C@@H](OC(C)=O)C(COC(C)=O)O[C@H]1OCCOCCOCCN=O. The van der Waals surface area contributed by atoms with Crippen molar-refractivity contribution < 1.29 is 52.3 Å². The van der Waals surface area contributed by atoms with Crippen LogP contribution < -0.4 is 5.32 Å². The maximum atomic E-state index is 11.8. The van der Waals surface area contributed by atoms with Crippen molar-refractivity contribution in [2.45, 2.75) is 58.3 Å². The Morgan fingerprint density at radius 1 is 0.824 bits per heavy atom. The lowest BCUT2D eigenvalue weighted by Crippen LogP contribution is -2.66. The molecule has 0 aromatic rings. The molecule has 14 nitrogen and oxygen atoms in total. The van der Waals surface area contributed by atoms with Gasteiger partial charge in [-0.05, 0) is 0 Å². The van der Waals surface area contributed by atoms with Crippen LogP contribution in [0.25, 0.3) is 0 Å². The third kappa shape index (κ3) is 11.4. The lowest BCUT2D eigenvalue weighted by Gasteiger charge is -2.44. The number of nitrogens with one attached hydrogen (secondary N) is 1. The fraction of sp³-hybridized carbons (Fsp3) is 0.800. The summed E-state index contributed by atoms with van der Waals surface area (Å²) >= 11 is 0. The van der Waals surface area contributed by atoms with Crippen LogP contribution in [-0.4, -0.2) is 101 Å². The predicted molar refractivity (Wildman–Crippen MR) is 112 cm³/mol. The molecule has 1 heterocycles. The van der Waals surface area contributed by atoms with Gasteiger partial charge >= 0.3 is 17.9 Å². The van der Waals surface area contributed by atoms with Crippen LogP contribution >= 0.6 is 0 Å². The molecule has 0 saturated carbocycles. The van der Waals surface area contributed by atoms with Crippen LogP contribution in [0.5, 0.6) is 0 Å². The fourth-order valence-corrected chi connectivity index (χ4v) is 3.08. The second kappa shape index (κ2) is 16.0. The quantitative estimate of drug-likeness (QED) is 0.134. The van der Waals surface area contributed by atoms with Crippen LogP contribution in [0, 0.1) is 4.91 Å². The monoisotopic (exact) mass is 492 g/mol. The van der Waals surface area contributed by atoms with Gasteiger partial charge in [0.1, 0.15) is 25.3 Å². The van der Waals surface area contributed by atoms with E-state index in [1.54, 1.807) is 0 Å². The largest absolute Gasteiger partial charge is 0.463 e.